The molecule has 138 valence electrons. The Kier molecular flexibility index (Phi) is 6.36. The zero-order chi connectivity index (χ0) is 18.9. The zero-order valence-corrected chi connectivity index (χ0v) is 13.3. The molecule has 12 nitrogen and oxygen atoms in total. The first-order valence-electron chi connectivity index (χ1n) is 6.64. The predicted octanol–water partition coefficient (Wildman–Crippen LogP) is -4.44. The Labute approximate surface area is 136 Å². The van der Waals surface area contributed by atoms with E-state index in [1.54, 1.807) is 0 Å². The van der Waals surface area contributed by atoms with E-state index in [9.17, 15) is 39.5 Å². The average molecular weight is 371 g/mol. The molecule has 0 aliphatic carbocycles. The first-order valence-corrected chi connectivity index (χ1v) is 7.82. The Bertz CT molecular complexity index is 530. The summed E-state index contributed by atoms with van der Waals surface area (Å²) < 4.78 is 16.5. The van der Waals surface area contributed by atoms with Crippen molar-refractivity contribution in [1.29, 1.82) is 0 Å². The number of aliphatic hydroxyl groups is 5. The van der Waals surface area contributed by atoms with Crippen molar-refractivity contribution in [3.05, 3.63) is 0 Å². The van der Waals surface area contributed by atoms with E-state index in [1.807, 2.05) is 5.32 Å². The highest BCUT2D eigenvalue weighted by Gasteiger charge is 2.69. The summed E-state index contributed by atoms with van der Waals surface area (Å²) in [5, 5.41) is 56.6. The van der Waals surface area contributed by atoms with Crippen molar-refractivity contribution in [2.45, 2.75) is 48.8 Å². The summed E-state index contributed by atoms with van der Waals surface area (Å²) in [5.41, 5.74) is 0. The van der Waals surface area contributed by atoms with Crippen LogP contribution in [0.4, 0.5) is 0 Å². The Morgan fingerprint density at radius 1 is 1.46 bits per heavy atom. The lowest BCUT2D eigenvalue weighted by molar-refractivity contribution is -0.306. The number of ether oxygens (including phenoxy) is 1. The first-order chi connectivity index (χ1) is 10.9. The van der Waals surface area contributed by atoms with E-state index in [1.165, 1.54) is 0 Å². The third-order valence-corrected chi connectivity index (χ3v) is 4.91. The molecule has 1 saturated heterocycles. The zero-order valence-electron chi connectivity index (χ0n) is 12.4. The van der Waals surface area contributed by atoms with Gasteiger partial charge in [0.2, 0.25) is 5.91 Å². The van der Waals surface area contributed by atoms with Gasteiger partial charge in [-0.2, -0.15) is 0 Å². The highest BCUT2D eigenvalue weighted by molar-refractivity contribution is 7.38. The summed E-state index contributed by atoms with van der Waals surface area (Å²) in [5.74, 6) is -6.06. The fourth-order valence-electron chi connectivity index (χ4n) is 2.44. The highest BCUT2D eigenvalue weighted by atomic mass is 31.1. The fraction of sp³-hybridized carbons (Fsp3) is 0.818. The number of hydrogen-bond donors (Lipinski definition) is 7. The summed E-state index contributed by atoms with van der Waals surface area (Å²) in [4.78, 5) is 34.2. The van der Waals surface area contributed by atoms with Gasteiger partial charge < -0.3 is 45.6 Å². The van der Waals surface area contributed by atoms with Gasteiger partial charge in [-0.15, -0.1) is 0 Å². The summed E-state index contributed by atoms with van der Waals surface area (Å²) in [7, 11) is -3.80. The largest absolute Gasteiger partial charge is 0.593 e. The second-order valence-corrected chi connectivity index (χ2v) is 6.61. The highest BCUT2D eigenvalue weighted by Crippen LogP contribution is 2.46. The van der Waals surface area contributed by atoms with E-state index in [2.05, 4.69) is 0 Å². The van der Waals surface area contributed by atoms with Crippen molar-refractivity contribution >= 4 is 19.9 Å². The molecule has 1 aliphatic rings. The molecule has 4 unspecified atom stereocenters. The summed E-state index contributed by atoms with van der Waals surface area (Å²) in [6, 6.07) is 0. The van der Waals surface area contributed by atoms with Gasteiger partial charge in [0.05, 0.1) is 6.61 Å². The molecule has 24 heavy (non-hydrogen) atoms. The average Bonchev–Trinajstić information content (AvgIpc) is 2.47. The number of carboxylic acids is 1. The van der Waals surface area contributed by atoms with Gasteiger partial charge in [-0.3, -0.25) is 4.79 Å². The smallest absolute Gasteiger partial charge is 0.364 e. The summed E-state index contributed by atoms with van der Waals surface area (Å²) >= 11 is 0. The van der Waals surface area contributed by atoms with Gasteiger partial charge in [0, 0.05) is 13.3 Å². The van der Waals surface area contributed by atoms with Gasteiger partial charge in [0.15, 0.2) is 6.10 Å². The van der Waals surface area contributed by atoms with Crippen molar-refractivity contribution < 1.29 is 54.4 Å². The molecule has 0 bridgehead atoms. The minimum atomic E-state index is -3.80. The normalized spacial score (nSPS) is 36.5. The molecule has 7 atom stereocenters. The van der Waals surface area contributed by atoms with Crippen LogP contribution in [0.25, 0.3) is 0 Å². The number of carbonyl (C=O) groups excluding carboxylic acids is 1. The number of aliphatic hydroxyl groups excluding tert-OH is 4. The Morgan fingerprint density at radius 3 is 2.38 bits per heavy atom. The molecule has 0 radical (unpaired) electrons. The molecule has 0 aromatic rings. The van der Waals surface area contributed by atoms with Crippen LogP contribution in [0.15, 0.2) is 0 Å². The molecular weight excluding hydrogens is 353 g/mol. The second kappa shape index (κ2) is 7.33. The van der Waals surface area contributed by atoms with Crippen molar-refractivity contribution in [3.63, 3.8) is 0 Å². The number of aliphatic carboxylic acids is 1. The maximum atomic E-state index is 11.7. The van der Waals surface area contributed by atoms with Crippen LogP contribution in [0.3, 0.4) is 0 Å². The molecule has 0 aromatic heterocycles. The van der Waals surface area contributed by atoms with Gasteiger partial charge >= 0.3 is 14.0 Å². The molecule has 1 fully saturated rings. The van der Waals surface area contributed by atoms with Crippen LogP contribution >= 0.6 is 8.03 Å². The lowest BCUT2D eigenvalue weighted by Crippen LogP contribution is -2.74. The molecule has 0 spiro atoms. The molecule has 1 rings (SSSR count). The van der Waals surface area contributed by atoms with E-state index in [0.717, 1.165) is 6.92 Å². The molecule has 13 heteroatoms. The Balaban J connectivity index is 3.48. The van der Waals surface area contributed by atoms with E-state index in [0.29, 0.717) is 0 Å². The minimum Gasteiger partial charge on any atom is -0.593 e. The number of carboxylic acid groups (broad SMARTS) is 1. The van der Waals surface area contributed by atoms with Crippen LogP contribution < -0.4 is 10.2 Å². The quantitative estimate of drug-likeness (QED) is 0.221. The predicted molar refractivity (Wildman–Crippen MR) is 71.3 cm³/mol. The van der Waals surface area contributed by atoms with Crippen molar-refractivity contribution in [2.75, 3.05) is 6.61 Å². The molecule has 0 saturated carbocycles. The summed E-state index contributed by atoms with van der Waals surface area (Å²) in [6.45, 7) is -0.189. The van der Waals surface area contributed by atoms with Crippen LogP contribution in [0, 0.1) is 0 Å². The number of nitrogens with one attached hydrogen (secondary N) is 1. The second-order valence-electron chi connectivity index (χ2n) is 5.35. The first kappa shape index (κ1) is 20.8. The van der Waals surface area contributed by atoms with Gasteiger partial charge in [0.25, 0.3) is 11.1 Å². The van der Waals surface area contributed by atoms with Gasteiger partial charge in [-0.25, -0.2) is 4.79 Å². The number of rotatable bonds is 6. The van der Waals surface area contributed by atoms with Gasteiger partial charge in [-0.1, -0.05) is 4.57 Å². The molecule has 1 heterocycles. The molecule has 7 N–H and O–H groups in total. The van der Waals surface area contributed by atoms with Gasteiger partial charge in [-0.05, 0) is 0 Å². The van der Waals surface area contributed by atoms with Crippen LogP contribution in [0.5, 0.6) is 0 Å². The van der Waals surface area contributed by atoms with E-state index < -0.39 is 68.4 Å². The van der Waals surface area contributed by atoms with Crippen molar-refractivity contribution in [3.8, 4) is 0 Å². The monoisotopic (exact) mass is 371 g/mol. The Hall–Kier alpha value is -1.24. The fourth-order valence-corrected chi connectivity index (χ4v) is 3.44. The van der Waals surface area contributed by atoms with Crippen molar-refractivity contribution in [1.82, 2.24) is 5.32 Å². The van der Waals surface area contributed by atoms with E-state index in [-0.39, 0.29) is 0 Å². The molecule has 1 amide bonds. The lowest BCUT2D eigenvalue weighted by Gasteiger charge is -2.47. The lowest BCUT2D eigenvalue weighted by atomic mass is 9.87. The van der Waals surface area contributed by atoms with E-state index >= 15 is 0 Å². The molecular formula is C11H18NO11P. The van der Waals surface area contributed by atoms with Crippen LogP contribution in [0.2, 0.25) is 0 Å². The summed E-state index contributed by atoms with van der Waals surface area (Å²) in [6.07, 6.45) is -9.93. The number of amides is 1. The van der Waals surface area contributed by atoms with E-state index in [4.69, 9.17) is 14.9 Å². The van der Waals surface area contributed by atoms with Crippen LogP contribution in [-0.4, -0.2) is 84.6 Å². The molecule has 0 aromatic carbocycles. The maximum Gasteiger partial charge on any atom is 0.364 e. The van der Waals surface area contributed by atoms with Crippen LogP contribution in [-0.2, 0) is 18.9 Å². The number of carbonyl (C=O) groups is 2. The standard InChI is InChI=1S/C11H18NO11P/c1-4(14)12-11(24(21)22)6(16)2-10(20,9(18)19)23-8(11)7(17)5(15)3-13/h5-8,13,15-17,20H,2-3H2,1H3,(H,12,14)(H,18,19)/t5?,6-,7?,8-,10?,11-/m0/s1. The minimum absolute atomic E-state index is 0.886. The Morgan fingerprint density at radius 2 is 2.00 bits per heavy atom. The third kappa shape index (κ3) is 3.55. The SMILES string of the molecule is CC(=O)N[C@]1([P+](=O)[O-])[C@@H](O)CC(O)(C(=O)O)O[C@H]1C(O)C(O)CO. The van der Waals surface area contributed by atoms with Gasteiger partial charge in [0.1, 0.15) is 18.3 Å². The third-order valence-electron chi connectivity index (χ3n) is 3.64. The van der Waals surface area contributed by atoms with Crippen LogP contribution in [0.1, 0.15) is 13.3 Å². The molecule has 1 aliphatic heterocycles. The van der Waals surface area contributed by atoms with Crippen molar-refractivity contribution in [2.24, 2.45) is 0 Å². The maximum absolute atomic E-state index is 11.7. The number of hydrogen-bond acceptors (Lipinski definition) is 10. The topological polar surface area (TPSA) is 217 Å².